The van der Waals surface area contributed by atoms with Crippen LogP contribution in [0.1, 0.15) is 67.6 Å². The van der Waals surface area contributed by atoms with Gasteiger partial charge in [0, 0.05) is 15.4 Å². The third-order valence-corrected chi connectivity index (χ3v) is 6.84. The van der Waals surface area contributed by atoms with Crippen LogP contribution >= 0.6 is 23.4 Å². The normalized spacial score (nSPS) is 17.8. The molecule has 0 radical (unpaired) electrons. The van der Waals surface area contributed by atoms with Crippen LogP contribution in [0, 0.1) is 6.92 Å². The van der Waals surface area contributed by atoms with E-state index in [0.717, 1.165) is 4.90 Å². The zero-order valence-corrected chi connectivity index (χ0v) is 17.1. The molecule has 0 heterocycles. The molecule has 3 heteroatoms. The van der Waals surface area contributed by atoms with E-state index in [2.05, 4.69) is 46.8 Å². The maximum absolute atomic E-state index is 11.2. The van der Waals surface area contributed by atoms with E-state index < -0.39 is 5.24 Å². The minimum absolute atomic E-state index is 0.211. The summed E-state index contributed by atoms with van der Waals surface area (Å²) in [7, 11) is 0. The van der Waals surface area contributed by atoms with Crippen molar-refractivity contribution in [3.8, 4) is 0 Å². The van der Waals surface area contributed by atoms with Crippen LogP contribution in [-0.2, 0) is 10.8 Å². The van der Waals surface area contributed by atoms with Gasteiger partial charge in [-0.25, -0.2) is 0 Å². The number of carbonyl (C=O) groups excluding carboxylic acids is 1. The van der Waals surface area contributed by atoms with Crippen LogP contribution in [0.15, 0.2) is 46.2 Å². The first-order valence-corrected chi connectivity index (χ1v) is 9.93. The first-order valence-electron chi connectivity index (χ1n) is 8.73. The molecule has 0 amide bonds. The van der Waals surface area contributed by atoms with E-state index in [-0.39, 0.29) is 10.8 Å². The summed E-state index contributed by atoms with van der Waals surface area (Å²) in [5.74, 6) is 0. The molecule has 2 aromatic carbocycles. The Balaban J connectivity index is 1.99. The van der Waals surface area contributed by atoms with Gasteiger partial charge in [0.1, 0.15) is 0 Å². The predicted octanol–water partition coefficient (Wildman–Crippen LogP) is 6.87. The molecule has 25 heavy (non-hydrogen) atoms. The van der Waals surface area contributed by atoms with Crippen LogP contribution in [-0.4, -0.2) is 5.24 Å². The highest BCUT2D eigenvalue weighted by Crippen LogP contribution is 2.48. The Morgan fingerprint density at radius 1 is 0.960 bits per heavy atom. The number of rotatable bonds is 3. The van der Waals surface area contributed by atoms with E-state index in [4.69, 9.17) is 11.6 Å². The number of hydrogen-bond donors (Lipinski definition) is 0. The van der Waals surface area contributed by atoms with Gasteiger partial charge >= 0.3 is 0 Å². The largest absolute Gasteiger partial charge is 0.276 e. The second-order valence-corrected chi connectivity index (χ2v) is 9.79. The molecule has 0 unspecified atom stereocenters. The first kappa shape index (κ1) is 18.5. The van der Waals surface area contributed by atoms with Crippen molar-refractivity contribution in [3.05, 3.63) is 58.7 Å². The van der Waals surface area contributed by atoms with E-state index >= 15 is 0 Å². The Labute approximate surface area is 160 Å². The summed E-state index contributed by atoms with van der Waals surface area (Å²) in [5.41, 5.74) is 5.27. The van der Waals surface area contributed by atoms with Gasteiger partial charge in [0.15, 0.2) is 0 Å². The van der Waals surface area contributed by atoms with Crippen molar-refractivity contribution in [1.29, 1.82) is 0 Å². The minimum Gasteiger partial charge on any atom is -0.276 e. The van der Waals surface area contributed by atoms with E-state index in [9.17, 15) is 4.79 Å². The Kier molecular flexibility index (Phi) is 4.81. The number of carbonyl (C=O) groups is 1. The molecular weight excluding hydrogens is 348 g/mol. The molecule has 1 nitrogen and oxygen atoms in total. The first-order chi connectivity index (χ1) is 11.6. The Bertz CT molecular complexity index is 819. The van der Waals surface area contributed by atoms with Crippen LogP contribution in [0.2, 0.25) is 0 Å². The fourth-order valence-corrected chi connectivity index (χ4v) is 4.64. The van der Waals surface area contributed by atoms with Crippen LogP contribution in [0.4, 0.5) is 0 Å². The Morgan fingerprint density at radius 3 is 2.00 bits per heavy atom. The van der Waals surface area contributed by atoms with Crippen LogP contribution in [0.5, 0.6) is 0 Å². The lowest BCUT2D eigenvalue weighted by Gasteiger charge is -2.42. The van der Waals surface area contributed by atoms with Gasteiger partial charge in [0.25, 0.3) is 5.24 Å². The highest BCUT2D eigenvalue weighted by molar-refractivity contribution is 7.99. The smallest absolute Gasteiger partial charge is 0.252 e. The molecule has 0 bridgehead atoms. The lowest BCUT2D eigenvalue weighted by atomic mass is 9.63. The second-order valence-electron chi connectivity index (χ2n) is 8.33. The summed E-state index contributed by atoms with van der Waals surface area (Å²) in [4.78, 5) is 13.6. The molecule has 0 saturated heterocycles. The molecule has 1 aliphatic rings. The van der Waals surface area contributed by atoms with Crippen molar-refractivity contribution < 1.29 is 4.79 Å². The van der Waals surface area contributed by atoms with Gasteiger partial charge in [-0.3, -0.25) is 4.79 Å². The zero-order valence-electron chi connectivity index (χ0n) is 15.6. The highest BCUT2D eigenvalue weighted by Gasteiger charge is 2.37. The number of aryl methyl sites for hydroxylation is 1. The van der Waals surface area contributed by atoms with Crippen LogP contribution < -0.4 is 0 Å². The zero-order chi connectivity index (χ0) is 18.4. The van der Waals surface area contributed by atoms with Gasteiger partial charge < -0.3 is 0 Å². The van der Waals surface area contributed by atoms with Crippen LogP contribution in [0.25, 0.3) is 0 Å². The average Bonchev–Trinajstić information content (AvgIpc) is 2.54. The molecular formula is C22H25ClOS. The van der Waals surface area contributed by atoms with Crippen molar-refractivity contribution in [2.24, 2.45) is 0 Å². The summed E-state index contributed by atoms with van der Waals surface area (Å²) in [5, 5.41) is -0.412. The van der Waals surface area contributed by atoms with Crippen LogP contribution in [0.3, 0.4) is 0 Å². The minimum atomic E-state index is -0.412. The Morgan fingerprint density at radius 2 is 1.48 bits per heavy atom. The van der Waals surface area contributed by atoms with E-state index in [0.29, 0.717) is 5.56 Å². The molecule has 1 aliphatic carbocycles. The molecule has 3 rings (SSSR count). The van der Waals surface area contributed by atoms with Crippen molar-refractivity contribution in [3.63, 3.8) is 0 Å². The number of halogens is 1. The highest BCUT2D eigenvalue weighted by atomic mass is 35.5. The molecule has 2 aromatic rings. The maximum Gasteiger partial charge on any atom is 0.252 e. The summed E-state index contributed by atoms with van der Waals surface area (Å²) >= 11 is 7.29. The number of hydrogen-bond acceptors (Lipinski definition) is 2. The van der Waals surface area contributed by atoms with Gasteiger partial charge in [0.2, 0.25) is 0 Å². The topological polar surface area (TPSA) is 17.1 Å². The van der Waals surface area contributed by atoms with E-state index in [1.165, 1.54) is 34.4 Å². The second kappa shape index (κ2) is 6.48. The third-order valence-electron chi connectivity index (χ3n) is 5.46. The molecule has 132 valence electrons. The van der Waals surface area contributed by atoms with E-state index in [1.807, 2.05) is 12.1 Å². The molecule has 0 fully saturated rings. The summed E-state index contributed by atoms with van der Waals surface area (Å²) in [6, 6.07) is 12.3. The molecule has 0 atom stereocenters. The average molecular weight is 373 g/mol. The van der Waals surface area contributed by atoms with Crippen molar-refractivity contribution in [2.45, 2.75) is 68.1 Å². The molecule has 0 N–H and O–H groups in total. The fraction of sp³-hybridized carbons (Fsp3) is 0.409. The van der Waals surface area contributed by atoms with Gasteiger partial charge in [0.05, 0.1) is 0 Å². The van der Waals surface area contributed by atoms with Gasteiger partial charge in [-0.05, 0) is 89.2 Å². The predicted molar refractivity (Wildman–Crippen MR) is 107 cm³/mol. The number of benzene rings is 2. The maximum atomic E-state index is 11.2. The molecule has 0 aromatic heterocycles. The molecule has 0 saturated carbocycles. The molecule has 0 aliphatic heterocycles. The summed E-state index contributed by atoms with van der Waals surface area (Å²) < 4.78 is 0. The van der Waals surface area contributed by atoms with Crippen molar-refractivity contribution >= 4 is 28.6 Å². The molecule has 0 spiro atoms. The quantitative estimate of drug-likeness (QED) is 0.546. The third kappa shape index (κ3) is 3.66. The van der Waals surface area contributed by atoms with Crippen molar-refractivity contribution in [2.75, 3.05) is 0 Å². The fourth-order valence-electron chi connectivity index (χ4n) is 3.59. The van der Waals surface area contributed by atoms with E-state index in [1.54, 1.807) is 23.9 Å². The van der Waals surface area contributed by atoms with Gasteiger partial charge in [-0.15, -0.1) is 0 Å². The van der Waals surface area contributed by atoms with Gasteiger partial charge in [-0.2, -0.15) is 0 Å². The lowest BCUT2D eigenvalue weighted by Crippen LogP contribution is -2.34. The van der Waals surface area contributed by atoms with Crippen molar-refractivity contribution in [1.82, 2.24) is 0 Å². The summed E-state index contributed by atoms with van der Waals surface area (Å²) in [6.07, 6.45) is 2.44. The lowest BCUT2D eigenvalue weighted by molar-refractivity contribution is 0.108. The monoisotopic (exact) mass is 372 g/mol. The van der Waals surface area contributed by atoms with Gasteiger partial charge in [-0.1, -0.05) is 45.5 Å². The number of fused-ring (bicyclic) bond motifs is 1. The Hall–Kier alpha value is -1.25. The SMILES string of the molecule is Cc1cc2c(cc1Sc1ccc(C(=O)Cl)cc1)C(C)(C)CCC2(C)C. The standard InChI is InChI=1S/C22H25ClOS/c1-14-12-17-18(22(4,5)11-10-21(17,2)3)13-19(14)25-16-8-6-15(7-9-16)20(23)24/h6-9,12-13H,10-11H2,1-5H3. The summed E-state index contributed by atoms with van der Waals surface area (Å²) in [6.45, 7) is 11.6.